The normalized spacial score (nSPS) is 10.3. The smallest absolute Gasteiger partial charge is 0.187 e. The Kier molecular flexibility index (Phi) is 5.65. The molecule has 0 radical (unpaired) electrons. The summed E-state index contributed by atoms with van der Waals surface area (Å²) in [6.07, 6.45) is 0.891. The summed E-state index contributed by atoms with van der Waals surface area (Å²) in [5.41, 5.74) is 11.1. The van der Waals surface area contributed by atoms with Crippen LogP contribution < -0.4 is 0 Å². The Morgan fingerprint density at radius 1 is 0.677 bits per heavy atom. The number of benzene rings is 4. The number of nitrogens with zero attached hydrogens (tertiary/aromatic N) is 2. The van der Waals surface area contributed by atoms with Crippen LogP contribution in [0.4, 0.5) is 5.69 Å². The third kappa shape index (κ3) is 4.40. The minimum Gasteiger partial charge on any atom is -0.238 e. The summed E-state index contributed by atoms with van der Waals surface area (Å²) in [5.74, 6) is 0. The summed E-state index contributed by atoms with van der Waals surface area (Å²) >= 11 is 0. The van der Waals surface area contributed by atoms with Crippen molar-refractivity contribution < 1.29 is 0 Å². The Balaban J connectivity index is 1.56. The first-order valence-electron chi connectivity index (χ1n) is 10.2. The lowest BCUT2D eigenvalue weighted by atomic mass is 9.92. The van der Waals surface area contributed by atoms with Gasteiger partial charge in [-0.1, -0.05) is 72.8 Å². The van der Waals surface area contributed by atoms with Gasteiger partial charge in [-0.2, -0.15) is 5.26 Å². The van der Waals surface area contributed by atoms with E-state index in [4.69, 9.17) is 11.8 Å². The quantitative estimate of drug-likeness (QED) is 0.324. The monoisotopic (exact) mass is 398 g/mol. The number of aryl methyl sites for hydroxylation is 2. The zero-order chi connectivity index (χ0) is 21.8. The minimum absolute atomic E-state index is 0.664. The lowest BCUT2D eigenvalue weighted by Gasteiger charge is -2.12. The van der Waals surface area contributed by atoms with E-state index < -0.39 is 0 Å². The SMILES string of the molecule is [C-]#[N+]c1ccc(-c2ccc(Cc3ccc(-c4ccc(C#N)cc4)cc3C)c(C)c2)cc1. The van der Waals surface area contributed by atoms with Crippen LogP contribution in [0.2, 0.25) is 0 Å². The van der Waals surface area contributed by atoms with E-state index in [0.717, 1.165) is 17.5 Å². The molecule has 0 unspecified atom stereocenters. The molecule has 0 aliphatic heterocycles. The highest BCUT2D eigenvalue weighted by Crippen LogP contribution is 2.28. The van der Waals surface area contributed by atoms with Gasteiger partial charge >= 0.3 is 0 Å². The Hall–Kier alpha value is -4.14. The summed E-state index contributed by atoms with van der Waals surface area (Å²) in [7, 11) is 0. The molecule has 148 valence electrons. The third-order valence-corrected chi connectivity index (χ3v) is 5.74. The van der Waals surface area contributed by atoms with E-state index in [2.05, 4.69) is 61.2 Å². The van der Waals surface area contributed by atoms with Crippen molar-refractivity contribution in [2.24, 2.45) is 0 Å². The first-order chi connectivity index (χ1) is 15.1. The predicted molar refractivity (Wildman–Crippen MR) is 127 cm³/mol. The molecule has 0 atom stereocenters. The number of hydrogen-bond donors (Lipinski definition) is 0. The van der Waals surface area contributed by atoms with Crippen molar-refractivity contribution in [3.63, 3.8) is 0 Å². The lowest BCUT2D eigenvalue weighted by Crippen LogP contribution is -1.96. The maximum absolute atomic E-state index is 8.98. The second kappa shape index (κ2) is 8.70. The molecular formula is C29H22N2. The first-order valence-corrected chi connectivity index (χ1v) is 10.2. The highest BCUT2D eigenvalue weighted by molar-refractivity contribution is 5.68. The van der Waals surface area contributed by atoms with Gasteiger partial charge in [-0.3, -0.25) is 0 Å². The highest BCUT2D eigenvalue weighted by Gasteiger charge is 2.07. The third-order valence-electron chi connectivity index (χ3n) is 5.74. The molecule has 0 amide bonds. The zero-order valence-electron chi connectivity index (χ0n) is 17.7. The Bertz CT molecular complexity index is 1210. The molecule has 0 N–H and O–H groups in total. The molecule has 0 aliphatic rings. The van der Waals surface area contributed by atoms with E-state index >= 15 is 0 Å². The van der Waals surface area contributed by atoms with Gasteiger partial charge in [-0.15, -0.1) is 0 Å². The lowest BCUT2D eigenvalue weighted by molar-refractivity contribution is 1.13. The van der Waals surface area contributed by atoms with Crippen molar-refractivity contribution in [3.8, 4) is 28.3 Å². The molecule has 0 aliphatic carbocycles. The molecule has 4 aromatic rings. The van der Waals surface area contributed by atoms with Crippen molar-refractivity contribution in [2.45, 2.75) is 20.3 Å². The predicted octanol–water partition coefficient (Wildman–Crippen LogP) is 7.65. The molecule has 2 heteroatoms. The Labute approximate surface area is 183 Å². The molecule has 4 rings (SSSR count). The molecule has 0 fully saturated rings. The maximum atomic E-state index is 8.98. The van der Waals surface area contributed by atoms with Gasteiger partial charge in [0.25, 0.3) is 0 Å². The minimum atomic E-state index is 0.664. The van der Waals surface area contributed by atoms with Crippen molar-refractivity contribution in [3.05, 3.63) is 124 Å². The van der Waals surface area contributed by atoms with Crippen LogP contribution in [0.5, 0.6) is 0 Å². The highest BCUT2D eigenvalue weighted by atomic mass is 14.6. The second-order valence-electron chi connectivity index (χ2n) is 7.81. The Morgan fingerprint density at radius 3 is 1.55 bits per heavy atom. The van der Waals surface area contributed by atoms with Crippen LogP contribution >= 0.6 is 0 Å². The van der Waals surface area contributed by atoms with E-state index in [-0.39, 0.29) is 0 Å². The fourth-order valence-corrected chi connectivity index (χ4v) is 3.82. The number of nitriles is 1. The number of hydrogen-bond acceptors (Lipinski definition) is 1. The Morgan fingerprint density at radius 2 is 1.13 bits per heavy atom. The van der Waals surface area contributed by atoms with Crippen LogP contribution in [0.25, 0.3) is 27.1 Å². The van der Waals surface area contributed by atoms with Crippen LogP contribution in [-0.2, 0) is 6.42 Å². The van der Waals surface area contributed by atoms with E-state index in [9.17, 15) is 0 Å². The fraction of sp³-hybridized carbons (Fsp3) is 0.103. The summed E-state index contributed by atoms with van der Waals surface area (Å²) in [4.78, 5) is 3.46. The van der Waals surface area contributed by atoms with Gasteiger partial charge in [0.15, 0.2) is 5.69 Å². The summed E-state index contributed by atoms with van der Waals surface area (Å²) in [6.45, 7) is 11.4. The van der Waals surface area contributed by atoms with E-state index in [1.807, 2.05) is 48.5 Å². The van der Waals surface area contributed by atoms with Gasteiger partial charge < -0.3 is 0 Å². The molecular weight excluding hydrogens is 376 g/mol. The average molecular weight is 399 g/mol. The van der Waals surface area contributed by atoms with Gasteiger partial charge in [0, 0.05) is 0 Å². The molecule has 0 bridgehead atoms. The molecule has 0 saturated carbocycles. The van der Waals surface area contributed by atoms with E-state index in [1.165, 1.54) is 33.4 Å². The van der Waals surface area contributed by atoms with Crippen molar-refractivity contribution in [1.82, 2.24) is 0 Å². The maximum Gasteiger partial charge on any atom is 0.187 e. The van der Waals surface area contributed by atoms with Crippen LogP contribution in [-0.4, -0.2) is 0 Å². The van der Waals surface area contributed by atoms with Gasteiger partial charge in [-0.25, -0.2) is 4.85 Å². The molecule has 4 aromatic carbocycles. The van der Waals surface area contributed by atoms with Crippen molar-refractivity contribution in [2.75, 3.05) is 0 Å². The molecule has 31 heavy (non-hydrogen) atoms. The van der Waals surface area contributed by atoms with Crippen LogP contribution in [0, 0.1) is 31.8 Å². The second-order valence-corrected chi connectivity index (χ2v) is 7.81. The molecule has 0 saturated heterocycles. The van der Waals surface area contributed by atoms with Gasteiger partial charge in [0.2, 0.25) is 0 Å². The summed E-state index contributed by atoms with van der Waals surface area (Å²) in [5, 5.41) is 8.98. The van der Waals surface area contributed by atoms with Crippen molar-refractivity contribution >= 4 is 5.69 Å². The van der Waals surface area contributed by atoms with Gasteiger partial charge in [0.05, 0.1) is 18.2 Å². The zero-order valence-corrected chi connectivity index (χ0v) is 17.7. The molecule has 0 spiro atoms. The standard InChI is InChI=1S/C29H22N2/c1-20-16-27(23-6-4-22(19-30)5-7-23)10-8-25(20)18-26-9-11-28(17-21(26)2)24-12-14-29(31-3)15-13-24/h4-17H,18H2,1-2H3. The summed E-state index contributed by atoms with van der Waals surface area (Å²) < 4.78 is 0. The van der Waals surface area contributed by atoms with Gasteiger partial charge in [-0.05, 0) is 76.9 Å². The van der Waals surface area contributed by atoms with Crippen molar-refractivity contribution in [1.29, 1.82) is 5.26 Å². The first kappa shape index (κ1) is 20.1. The van der Waals surface area contributed by atoms with Gasteiger partial charge in [0.1, 0.15) is 0 Å². The van der Waals surface area contributed by atoms with Crippen LogP contribution in [0.1, 0.15) is 27.8 Å². The largest absolute Gasteiger partial charge is 0.238 e. The van der Waals surface area contributed by atoms with Crippen LogP contribution in [0.3, 0.4) is 0 Å². The summed E-state index contributed by atoms with van der Waals surface area (Å²) in [6, 6.07) is 30.8. The van der Waals surface area contributed by atoms with E-state index in [0.29, 0.717) is 11.3 Å². The fourth-order valence-electron chi connectivity index (χ4n) is 3.82. The molecule has 0 heterocycles. The topological polar surface area (TPSA) is 28.1 Å². The molecule has 2 nitrogen and oxygen atoms in total. The number of rotatable bonds is 4. The average Bonchev–Trinajstić information content (AvgIpc) is 2.81. The van der Waals surface area contributed by atoms with E-state index in [1.54, 1.807) is 0 Å². The van der Waals surface area contributed by atoms with Crippen LogP contribution in [0.15, 0.2) is 84.9 Å². The molecule has 0 aromatic heterocycles.